The molecule has 1 aliphatic heterocycles. The average Bonchev–Trinajstić information content (AvgIpc) is 2.24. The SMILES string of the molecule is CC(C)C[C@@H]1C(=O)N[C@H](CC(C)C)C(=O)N1CO. The topological polar surface area (TPSA) is 69.6 Å². The Morgan fingerprint density at radius 3 is 2.17 bits per heavy atom. The summed E-state index contributed by atoms with van der Waals surface area (Å²) in [5.41, 5.74) is 0. The van der Waals surface area contributed by atoms with Gasteiger partial charge in [-0.1, -0.05) is 27.7 Å². The summed E-state index contributed by atoms with van der Waals surface area (Å²) in [6.07, 6.45) is 1.18. The van der Waals surface area contributed by atoms with Crippen LogP contribution in [0.2, 0.25) is 0 Å². The third-order valence-corrected chi connectivity index (χ3v) is 3.13. The van der Waals surface area contributed by atoms with Gasteiger partial charge in [-0.15, -0.1) is 0 Å². The Morgan fingerprint density at radius 2 is 1.72 bits per heavy atom. The third-order valence-electron chi connectivity index (χ3n) is 3.13. The van der Waals surface area contributed by atoms with E-state index in [4.69, 9.17) is 0 Å². The first-order chi connectivity index (χ1) is 8.36. The Balaban J connectivity index is 2.82. The first-order valence-corrected chi connectivity index (χ1v) is 6.58. The van der Waals surface area contributed by atoms with Gasteiger partial charge in [-0.2, -0.15) is 0 Å². The van der Waals surface area contributed by atoms with Gasteiger partial charge in [0.25, 0.3) is 0 Å². The van der Waals surface area contributed by atoms with E-state index in [1.807, 2.05) is 27.7 Å². The summed E-state index contributed by atoms with van der Waals surface area (Å²) >= 11 is 0. The van der Waals surface area contributed by atoms with E-state index in [2.05, 4.69) is 5.32 Å². The first kappa shape index (κ1) is 15.0. The van der Waals surface area contributed by atoms with Crippen molar-refractivity contribution in [2.24, 2.45) is 11.8 Å². The van der Waals surface area contributed by atoms with Crippen molar-refractivity contribution in [1.82, 2.24) is 10.2 Å². The summed E-state index contributed by atoms with van der Waals surface area (Å²) in [6.45, 7) is 7.60. The summed E-state index contributed by atoms with van der Waals surface area (Å²) in [6, 6.07) is -1.03. The maximum absolute atomic E-state index is 12.2. The van der Waals surface area contributed by atoms with Crippen LogP contribution in [0, 0.1) is 11.8 Å². The van der Waals surface area contributed by atoms with E-state index in [9.17, 15) is 14.7 Å². The van der Waals surface area contributed by atoms with Crippen molar-refractivity contribution >= 4 is 11.8 Å². The number of piperazine rings is 1. The molecular weight excluding hydrogens is 232 g/mol. The van der Waals surface area contributed by atoms with Gasteiger partial charge in [-0.25, -0.2) is 0 Å². The molecule has 1 saturated heterocycles. The Labute approximate surface area is 109 Å². The van der Waals surface area contributed by atoms with Gasteiger partial charge in [0, 0.05) is 0 Å². The number of aliphatic hydroxyl groups excluding tert-OH is 1. The molecule has 5 heteroatoms. The van der Waals surface area contributed by atoms with Crippen LogP contribution < -0.4 is 5.32 Å². The van der Waals surface area contributed by atoms with E-state index >= 15 is 0 Å². The third kappa shape index (κ3) is 3.45. The maximum Gasteiger partial charge on any atom is 0.247 e. The predicted molar refractivity (Wildman–Crippen MR) is 68.6 cm³/mol. The number of rotatable bonds is 5. The van der Waals surface area contributed by atoms with E-state index < -0.39 is 18.8 Å². The molecular formula is C13H24N2O3. The van der Waals surface area contributed by atoms with Crippen LogP contribution >= 0.6 is 0 Å². The molecule has 2 N–H and O–H groups in total. The summed E-state index contributed by atoms with van der Waals surface area (Å²) in [5.74, 6) is 0.296. The smallest absolute Gasteiger partial charge is 0.247 e. The molecule has 1 fully saturated rings. The lowest BCUT2D eigenvalue weighted by atomic mass is 9.95. The Kier molecular flexibility index (Phi) is 5.14. The number of nitrogens with one attached hydrogen (secondary N) is 1. The number of hydrogen-bond acceptors (Lipinski definition) is 3. The van der Waals surface area contributed by atoms with Gasteiger partial charge in [-0.3, -0.25) is 9.59 Å². The quantitative estimate of drug-likeness (QED) is 0.761. The van der Waals surface area contributed by atoms with Crippen LogP contribution in [-0.2, 0) is 9.59 Å². The maximum atomic E-state index is 12.2. The molecule has 2 atom stereocenters. The van der Waals surface area contributed by atoms with E-state index in [1.165, 1.54) is 4.90 Å². The number of carbonyl (C=O) groups excluding carboxylic acids is 2. The van der Waals surface area contributed by atoms with Crippen LogP contribution in [0.4, 0.5) is 0 Å². The molecule has 2 amide bonds. The number of nitrogens with zero attached hydrogens (tertiary/aromatic N) is 1. The first-order valence-electron chi connectivity index (χ1n) is 6.58. The molecule has 0 aromatic heterocycles. The largest absolute Gasteiger partial charge is 0.376 e. The van der Waals surface area contributed by atoms with Crippen LogP contribution in [0.1, 0.15) is 40.5 Å². The van der Waals surface area contributed by atoms with Gasteiger partial charge in [0.15, 0.2) is 0 Å². The van der Waals surface area contributed by atoms with Crippen LogP contribution in [-0.4, -0.2) is 40.6 Å². The molecule has 5 nitrogen and oxygen atoms in total. The van der Waals surface area contributed by atoms with Crippen molar-refractivity contribution in [3.05, 3.63) is 0 Å². The minimum atomic E-state index is -0.536. The van der Waals surface area contributed by atoms with Gasteiger partial charge >= 0.3 is 0 Å². The van der Waals surface area contributed by atoms with Crippen LogP contribution in [0.3, 0.4) is 0 Å². The fraction of sp³-hybridized carbons (Fsp3) is 0.846. The van der Waals surface area contributed by atoms with Gasteiger partial charge in [0.05, 0.1) is 0 Å². The van der Waals surface area contributed by atoms with E-state index in [0.717, 1.165) is 0 Å². The molecule has 1 rings (SSSR count). The molecule has 0 radical (unpaired) electrons. The fourth-order valence-corrected chi connectivity index (χ4v) is 2.31. The van der Waals surface area contributed by atoms with Crippen molar-refractivity contribution in [3.63, 3.8) is 0 Å². The number of amides is 2. The molecule has 0 aliphatic carbocycles. The van der Waals surface area contributed by atoms with Gasteiger partial charge in [-0.05, 0) is 24.7 Å². The van der Waals surface area contributed by atoms with Crippen molar-refractivity contribution in [2.45, 2.75) is 52.6 Å². The molecule has 1 heterocycles. The lowest BCUT2D eigenvalue weighted by Crippen LogP contribution is -2.63. The van der Waals surface area contributed by atoms with Gasteiger partial charge in [0.2, 0.25) is 11.8 Å². The van der Waals surface area contributed by atoms with Crippen LogP contribution in [0.5, 0.6) is 0 Å². The van der Waals surface area contributed by atoms with Crippen molar-refractivity contribution in [3.8, 4) is 0 Å². The predicted octanol–water partition coefficient (Wildman–Crippen LogP) is 0.724. The molecule has 0 saturated carbocycles. The second-order valence-corrected chi connectivity index (χ2v) is 5.79. The van der Waals surface area contributed by atoms with Gasteiger partial charge in [0.1, 0.15) is 18.8 Å². The van der Waals surface area contributed by atoms with Crippen molar-refractivity contribution in [1.29, 1.82) is 0 Å². The Morgan fingerprint density at radius 1 is 1.17 bits per heavy atom. The lowest BCUT2D eigenvalue weighted by molar-refractivity contribution is -0.154. The molecule has 0 bridgehead atoms. The molecule has 0 aromatic carbocycles. The van der Waals surface area contributed by atoms with E-state index in [-0.39, 0.29) is 11.8 Å². The van der Waals surface area contributed by atoms with Crippen LogP contribution in [0.15, 0.2) is 0 Å². The summed E-state index contributed by atoms with van der Waals surface area (Å²) in [7, 11) is 0. The highest BCUT2D eigenvalue weighted by molar-refractivity contribution is 5.96. The van der Waals surface area contributed by atoms with E-state index in [0.29, 0.717) is 24.7 Å². The number of aliphatic hydroxyl groups is 1. The zero-order chi connectivity index (χ0) is 13.9. The second-order valence-electron chi connectivity index (χ2n) is 5.79. The molecule has 0 aromatic rings. The number of carbonyl (C=O) groups is 2. The lowest BCUT2D eigenvalue weighted by Gasteiger charge is -2.38. The summed E-state index contributed by atoms with van der Waals surface area (Å²) in [5, 5.41) is 12.1. The fourth-order valence-electron chi connectivity index (χ4n) is 2.31. The molecule has 104 valence electrons. The Hall–Kier alpha value is -1.10. The van der Waals surface area contributed by atoms with Crippen molar-refractivity contribution < 1.29 is 14.7 Å². The zero-order valence-corrected chi connectivity index (χ0v) is 11.6. The number of hydrogen-bond donors (Lipinski definition) is 2. The van der Waals surface area contributed by atoms with Gasteiger partial charge < -0.3 is 15.3 Å². The zero-order valence-electron chi connectivity index (χ0n) is 11.6. The highest BCUT2D eigenvalue weighted by Gasteiger charge is 2.40. The summed E-state index contributed by atoms with van der Waals surface area (Å²) in [4.78, 5) is 25.5. The molecule has 1 aliphatic rings. The minimum Gasteiger partial charge on any atom is -0.376 e. The highest BCUT2D eigenvalue weighted by atomic mass is 16.3. The van der Waals surface area contributed by atoms with Crippen LogP contribution in [0.25, 0.3) is 0 Å². The standard InChI is InChI=1S/C13H24N2O3/c1-8(2)5-10-13(18)15(7-16)11(6-9(3)4)12(17)14-10/h8-11,16H,5-7H2,1-4H3,(H,14,17)/t10-,11-/m1/s1. The monoisotopic (exact) mass is 256 g/mol. The molecule has 0 unspecified atom stereocenters. The van der Waals surface area contributed by atoms with E-state index in [1.54, 1.807) is 0 Å². The molecule has 18 heavy (non-hydrogen) atoms. The Bertz CT molecular complexity index is 315. The van der Waals surface area contributed by atoms with Crippen molar-refractivity contribution in [2.75, 3.05) is 6.73 Å². The average molecular weight is 256 g/mol. The highest BCUT2D eigenvalue weighted by Crippen LogP contribution is 2.19. The molecule has 0 spiro atoms. The minimum absolute atomic E-state index is 0.150. The normalized spacial score (nSPS) is 24.9. The summed E-state index contributed by atoms with van der Waals surface area (Å²) < 4.78 is 0. The second kappa shape index (κ2) is 6.18.